The predicted octanol–water partition coefficient (Wildman–Crippen LogP) is 2.40. The van der Waals surface area contributed by atoms with Crippen molar-refractivity contribution in [1.29, 1.82) is 0 Å². The summed E-state index contributed by atoms with van der Waals surface area (Å²) in [7, 11) is 1.43. The van der Waals surface area contributed by atoms with Crippen LogP contribution >= 0.6 is 0 Å². The molecule has 3 aromatic heterocycles. The van der Waals surface area contributed by atoms with Crippen LogP contribution in [0.2, 0.25) is 0 Å². The number of ether oxygens (including phenoxy) is 1. The van der Waals surface area contributed by atoms with Gasteiger partial charge in [0, 0.05) is 31.5 Å². The number of halogens is 2. The average molecular weight is 348 g/mol. The summed E-state index contributed by atoms with van der Waals surface area (Å²) < 4.78 is 33.0. The van der Waals surface area contributed by atoms with Gasteiger partial charge in [-0.1, -0.05) is 6.07 Å². The number of aromatic amines is 1. The molecule has 3 aromatic rings. The minimum Gasteiger partial charge on any atom is -0.481 e. The molecule has 25 heavy (non-hydrogen) atoms. The first-order valence-electron chi connectivity index (χ1n) is 7.23. The zero-order chi connectivity index (χ0) is 18.2. The molecule has 0 spiro atoms. The first-order chi connectivity index (χ1) is 11.8. The summed E-state index contributed by atoms with van der Waals surface area (Å²) in [6.45, 7) is 0.735. The van der Waals surface area contributed by atoms with Gasteiger partial charge in [-0.15, -0.1) is 0 Å². The number of imidazole rings is 1. The summed E-state index contributed by atoms with van der Waals surface area (Å²) in [5, 5.41) is 2.47. The molecule has 9 heteroatoms. The number of anilines is 1. The lowest BCUT2D eigenvalue weighted by molar-refractivity contribution is 0.0133. The molecule has 0 aliphatic rings. The minimum atomic E-state index is -3.10. The van der Waals surface area contributed by atoms with E-state index >= 15 is 0 Å². The van der Waals surface area contributed by atoms with Crippen LogP contribution in [-0.2, 0) is 5.92 Å². The minimum absolute atomic E-state index is 0.164. The number of amides is 1. The predicted molar refractivity (Wildman–Crippen MR) is 86.3 cm³/mol. The molecule has 0 atom stereocenters. The van der Waals surface area contributed by atoms with Gasteiger partial charge in [-0.3, -0.25) is 9.59 Å². The third-order valence-electron chi connectivity index (χ3n) is 3.50. The van der Waals surface area contributed by atoms with E-state index in [0.717, 1.165) is 19.2 Å². The number of H-pyrrole nitrogens is 1. The Morgan fingerprint density at radius 3 is 2.80 bits per heavy atom. The van der Waals surface area contributed by atoms with Gasteiger partial charge in [-0.25, -0.2) is 0 Å². The second kappa shape index (κ2) is 6.00. The highest BCUT2D eigenvalue weighted by molar-refractivity contribution is 6.03. The van der Waals surface area contributed by atoms with E-state index in [9.17, 15) is 18.4 Å². The fourth-order valence-corrected chi connectivity index (χ4v) is 2.24. The number of aromatic nitrogens is 3. The summed E-state index contributed by atoms with van der Waals surface area (Å²) in [4.78, 5) is 30.9. The zero-order valence-electron chi connectivity index (χ0n) is 13.3. The molecule has 0 aliphatic carbocycles. The molecule has 7 nitrogen and oxygen atoms in total. The van der Waals surface area contributed by atoms with E-state index in [-0.39, 0.29) is 22.7 Å². The molecule has 3 rings (SSSR count). The second-order valence-electron chi connectivity index (χ2n) is 5.42. The summed E-state index contributed by atoms with van der Waals surface area (Å²) in [6.07, 6.45) is 2.33. The van der Waals surface area contributed by atoms with E-state index in [4.69, 9.17) is 4.74 Å². The van der Waals surface area contributed by atoms with Crippen molar-refractivity contribution in [3.05, 3.63) is 58.1 Å². The number of pyridine rings is 2. The number of carbonyl (C=O) groups is 1. The van der Waals surface area contributed by atoms with Gasteiger partial charge in [0.25, 0.3) is 11.8 Å². The number of carbonyl (C=O) groups excluding carboxylic acids is 1. The molecule has 0 bridgehead atoms. The number of fused-ring (bicyclic) bond motifs is 1. The Kier molecular flexibility index (Phi) is 3.99. The van der Waals surface area contributed by atoms with Crippen molar-refractivity contribution >= 4 is 17.4 Å². The molecule has 3 heterocycles. The van der Waals surface area contributed by atoms with Crippen LogP contribution in [-0.4, -0.2) is 27.4 Å². The summed E-state index contributed by atoms with van der Waals surface area (Å²) in [5.41, 5.74) is -1.00. The molecule has 0 saturated carbocycles. The Balaban J connectivity index is 1.95. The smallest absolute Gasteiger partial charge is 0.286 e. The Labute approximate surface area is 140 Å². The van der Waals surface area contributed by atoms with Crippen LogP contribution in [0.3, 0.4) is 0 Å². The molecule has 0 fully saturated rings. The number of methoxy groups -OCH3 is 1. The van der Waals surface area contributed by atoms with Gasteiger partial charge in [-0.2, -0.15) is 13.8 Å². The number of nitrogens with one attached hydrogen (secondary N) is 2. The lowest BCUT2D eigenvalue weighted by Crippen LogP contribution is -2.22. The Morgan fingerprint density at radius 1 is 1.36 bits per heavy atom. The number of nitrogens with zero attached hydrogens (tertiary/aromatic N) is 2. The van der Waals surface area contributed by atoms with Gasteiger partial charge >= 0.3 is 0 Å². The van der Waals surface area contributed by atoms with Crippen molar-refractivity contribution < 1.29 is 18.3 Å². The molecular formula is C16H14F2N4O3. The highest BCUT2D eigenvalue weighted by atomic mass is 19.3. The van der Waals surface area contributed by atoms with Crippen LogP contribution in [0, 0.1) is 0 Å². The van der Waals surface area contributed by atoms with Crippen molar-refractivity contribution in [2.75, 3.05) is 12.4 Å². The van der Waals surface area contributed by atoms with E-state index in [0.29, 0.717) is 5.88 Å². The standard InChI is InChI=1S/C16H14F2N4O3/c1-16(17,18)11-8-22-7-9(10(23)6-13(22)19-11)15(24)21-12-4-3-5-14(20-12)25-2/h3-8,19H,1-2H3,(H,20,21,24). The maximum Gasteiger partial charge on any atom is 0.286 e. The average Bonchev–Trinajstić information content (AvgIpc) is 2.97. The van der Waals surface area contributed by atoms with Gasteiger partial charge < -0.3 is 19.4 Å². The SMILES string of the molecule is COc1cccc(NC(=O)c2cn3cc(C(C)(F)F)[nH]c3cc2=O)n1. The van der Waals surface area contributed by atoms with Gasteiger partial charge in [0.1, 0.15) is 22.7 Å². The third-order valence-corrected chi connectivity index (χ3v) is 3.50. The summed E-state index contributed by atoms with van der Waals surface area (Å²) in [5.74, 6) is -3.30. The normalized spacial score (nSPS) is 11.5. The monoisotopic (exact) mass is 348 g/mol. The fraction of sp³-hybridized carbons (Fsp3) is 0.188. The van der Waals surface area contributed by atoms with Crippen molar-refractivity contribution in [2.45, 2.75) is 12.8 Å². The summed E-state index contributed by atoms with van der Waals surface area (Å²) in [6, 6.07) is 5.84. The Morgan fingerprint density at radius 2 is 2.12 bits per heavy atom. The van der Waals surface area contributed by atoms with E-state index < -0.39 is 17.3 Å². The Hall–Kier alpha value is -3.23. The lowest BCUT2D eigenvalue weighted by Gasteiger charge is -2.06. The second-order valence-corrected chi connectivity index (χ2v) is 5.42. The maximum atomic E-state index is 13.4. The van der Waals surface area contributed by atoms with E-state index in [1.807, 2.05) is 0 Å². The molecule has 1 amide bonds. The first-order valence-corrected chi connectivity index (χ1v) is 7.23. The maximum absolute atomic E-state index is 13.4. The number of alkyl halides is 2. The molecular weight excluding hydrogens is 334 g/mol. The van der Waals surface area contributed by atoms with Gasteiger partial charge in [0.05, 0.1) is 7.11 Å². The molecule has 0 unspecified atom stereocenters. The molecule has 0 saturated heterocycles. The van der Waals surface area contributed by atoms with Crippen LogP contribution in [0.5, 0.6) is 5.88 Å². The molecule has 0 radical (unpaired) electrons. The molecule has 2 N–H and O–H groups in total. The van der Waals surface area contributed by atoms with Gasteiger partial charge in [0.2, 0.25) is 5.88 Å². The van der Waals surface area contributed by atoms with E-state index in [2.05, 4.69) is 15.3 Å². The van der Waals surface area contributed by atoms with Crippen LogP contribution in [0.4, 0.5) is 14.6 Å². The van der Waals surface area contributed by atoms with Crippen molar-refractivity contribution in [3.63, 3.8) is 0 Å². The lowest BCUT2D eigenvalue weighted by atomic mass is 10.2. The van der Waals surface area contributed by atoms with Gasteiger partial charge in [-0.05, 0) is 6.07 Å². The largest absolute Gasteiger partial charge is 0.481 e. The van der Waals surface area contributed by atoms with Crippen molar-refractivity contribution in [3.8, 4) is 5.88 Å². The van der Waals surface area contributed by atoms with E-state index in [1.54, 1.807) is 12.1 Å². The first kappa shape index (κ1) is 16.6. The molecule has 0 aromatic carbocycles. The number of hydrogen-bond acceptors (Lipinski definition) is 4. The zero-order valence-corrected chi connectivity index (χ0v) is 13.3. The van der Waals surface area contributed by atoms with E-state index in [1.165, 1.54) is 23.8 Å². The summed E-state index contributed by atoms with van der Waals surface area (Å²) >= 11 is 0. The van der Waals surface area contributed by atoms with Crippen LogP contribution in [0.1, 0.15) is 23.0 Å². The quantitative estimate of drug-likeness (QED) is 0.758. The molecule has 0 aliphatic heterocycles. The van der Waals surface area contributed by atoms with Crippen LogP contribution in [0.25, 0.3) is 5.65 Å². The topological polar surface area (TPSA) is 88.5 Å². The van der Waals surface area contributed by atoms with Crippen LogP contribution in [0.15, 0.2) is 41.5 Å². The van der Waals surface area contributed by atoms with Crippen LogP contribution < -0.4 is 15.5 Å². The number of hydrogen-bond donors (Lipinski definition) is 2. The number of rotatable bonds is 4. The van der Waals surface area contributed by atoms with Crippen molar-refractivity contribution in [2.24, 2.45) is 0 Å². The molecule has 130 valence electrons. The highest BCUT2D eigenvalue weighted by Crippen LogP contribution is 2.25. The fourth-order valence-electron chi connectivity index (χ4n) is 2.24. The Bertz CT molecular complexity index is 1000. The van der Waals surface area contributed by atoms with Crippen molar-refractivity contribution in [1.82, 2.24) is 14.4 Å². The highest BCUT2D eigenvalue weighted by Gasteiger charge is 2.27. The third kappa shape index (κ3) is 3.35. The van der Waals surface area contributed by atoms with Gasteiger partial charge in [0.15, 0.2) is 5.43 Å².